The standard InChI is InChI=1S/C18H16Cl2N4O3/c1-11(23(2)10-13-3-6-14(19)9-16(13)20)17-21-22-18(27-17)12-4-7-15(8-5-12)24(25)26/h3-9,11H,10H2,1-2H3/p+1/t11-/m1/s1. The second kappa shape index (κ2) is 8.04. The second-order valence-corrected chi connectivity index (χ2v) is 7.07. The molecule has 2 aromatic carbocycles. The van der Waals surface area contributed by atoms with Gasteiger partial charge < -0.3 is 9.32 Å². The Morgan fingerprint density at radius 3 is 2.52 bits per heavy atom. The fourth-order valence-corrected chi connectivity index (χ4v) is 3.06. The van der Waals surface area contributed by atoms with Crippen LogP contribution in [0.3, 0.4) is 0 Å². The van der Waals surface area contributed by atoms with Gasteiger partial charge in [-0.2, -0.15) is 0 Å². The van der Waals surface area contributed by atoms with Crippen LogP contribution in [-0.2, 0) is 6.54 Å². The molecular weight excluding hydrogens is 391 g/mol. The molecule has 1 heterocycles. The number of rotatable bonds is 6. The summed E-state index contributed by atoms with van der Waals surface area (Å²) >= 11 is 12.2. The van der Waals surface area contributed by atoms with E-state index in [4.69, 9.17) is 27.6 Å². The average Bonchev–Trinajstić information content (AvgIpc) is 3.13. The lowest BCUT2D eigenvalue weighted by molar-refractivity contribution is -0.925. The largest absolute Gasteiger partial charge is 0.415 e. The minimum Gasteiger partial charge on any atom is -0.415 e. The molecule has 0 aliphatic rings. The van der Waals surface area contributed by atoms with Crippen molar-refractivity contribution < 1.29 is 14.2 Å². The predicted molar refractivity (Wildman–Crippen MR) is 102 cm³/mol. The smallest absolute Gasteiger partial charge is 0.274 e. The summed E-state index contributed by atoms with van der Waals surface area (Å²) in [5.41, 5.74) is 1.61. The third kappa shape index (κ3) is 4.44. The van der Waals surface area contributed by atoms with Gasteiger partial charge in [0.05, 0.1) is 17.0 Å². The number of non-ortho nitro benzene ring substituents is 1. The fraction of sp³-hybridized carbons (Fsp3) is 0.222. The van der Waals surface area contributed by atoms with Gasteiger partial charge in [0.1, 0.15) is 6.54 Å². The molecule has 1 aromatic heterocycles. The monoisotopic (exact) mass is 407 g/mol. The highest BCUT2D eigenvalue weighted by Gasteiger charge is 2.23. The fourth-order valence-electron chi connectivity index (χ4n) is 2.58. The second-order valence-electron chi connectivity index (χ2n) is 6.23. The van der Waals surface area contributed by atoms with Crippen molar-refractivity contribution in [2.45, 2.75) is 19.5 Å². The average molecular weight is 408 g/mol. The number of quaternary nitrogens is 1. The van der Waals surface area contributed by atoms with Crippen LogP contribution in [0, 0.1) is 10.1 Å². The van der Waals surface area contributed by atoms with Crippen molar-refractivity contribution >= 4 is 28.9 Å². The highest BCUT2D eigenvalue weighted by molar-refractivity contribution is 6.35. The number of hydrogen-bond donors (Lipinski definition) is 1. The summed E-state index contributed by atoms with van der Waals surface area (Å²) < 4.78 is 5.77. The van der Waals surface area contributed by atoms with E-state index in [1.165, 1.54) is 12.1 Å². The molecule has 9 heteroatoms. The van der Waals surface area contributed by atoms with Crippen LogP contribution in [0.2, 0.25) is 10.0 Å². The Labute approximate surface area is 165 Å². The molecule has 2 atom stereocenters. The Morgan fingerprint density at radius 1 is 1.19 bits per heavy atom. The van der Waals surface area contributed by atoms with Crippen LogP contribution in [0.25, 0.3) is 11.5 Å². The van der Waals surface area contributed by atoms with Crippen LogP contribution in [0.4, 0.5) is 5.69 Å². The van der Waals surface area contributed by atoms with E-state index >= 15 is 0 Å². The Bertz CT molecular complexity index is 959. The maximum absolute atomic E-state index is 10.7. The molecule has 1 unspecified atom stereocenters. The number of aromatic nitrogens is 2. The molecule has 0 radical (unpaired) electrons. The van der Waals surface area contributed by atoms with E-state index < -0.39 is 4.92 Å². The summed E-state index contributed by atoms with van der Waals surface area (Å²) in [5, 5.41) is 20.1. The topological polar surface area (TPSA) is 86.5 Å². The van der Waals surface area contributed by atoms with Crippen LogP contribution in [0.5, 0.6) is 0 Å². The minimum atomic E-state index is -0.453. The third-order valence-corrected chi connectivity index (χ3v) is 4.95. The highest BCUT2D eigenvalue weighted by atomic mass is 35.5. The van der Waals surface area contributed by atoms with Gasteiger partial charge in [0.2, 0.25) is 5.89 Å². The molecule has 0 spiro atoms. The first-order chi connectivity index (χ1) is 12.8. The Balaban J connectivity index is 1.73. The first kappa shape index (κ1) is 19.3. The van der Waals surface area contributed by atoms with Crippen molar-refractivity contribution in [2.75, 3.05) is 7.05 Å². The summed E-state index contributed by atoms with van der Waals surface area (Å²) in [6, 6.07) is 11.3. The number of nitro groups is 1. The zero-order chi connectivity index (χ0) is 19.6. The van der Waals surface area contributed by atoms with Gasteiger partial charge in [-0.3, -0.25) is 10.1 Å². The number of benzene rings is 2. The maximum atomic E-state index is 10.7. The zero-order valence-electron chi connectivity index (χ0n) is 14.6. The van der Waals surface area contributed by atoms with Gasteiger partial charge in [0.25, 0.3) is 11.6 Å². The number of hydrogen-bond acceptors (Lipinski definition) is 5. The van der Waals surface area contributed by atoms with Crippen LogP contribution < -0.4 is 4.90 Å². The summed E-state index contributed by atoms with van der Waals surface area (Å²) in [6.07, 6.45) is 0. The summed E-state index contributed by atoms with van der Waals surface area (Å²) in [6.45, 7) is 2.64. The SMILES string of the molecule is C[C@H](c1nnc(-c2ccc([N+](=O)[O-])cc2)o1)[NH+](C)Cc1ccc(Cl)cc1Cl. The lowest BCUT2D eigenvalue weighted by Crippen LogP contribution is -3.07. The number of nitrogens with one attached hydrogen (secondary N) is 1. The van der Waals surface area contributed by atoms with Gasteiger partial charge in [-0.25, -0.2) is 0 Å². The van der Waals surface area contributed by atoms with E-state index in [0.717, 1.165) is 10.5 Å². The van der Waals surface area contributed by atoms with Gasteiger partial charge >= 0.3 is 0 Å². The summed E-state index contributed by atoms with van der Waals surface area (Å²) in [5.74, 6) is 0.801. The summed E-state index contributed by atoms with van der Waals surface area (Å²) in [7, 11) is 2.01. The van der Waals surface area contributed by atoms with E-state index in [0.29, 0.717) is 33.9 Å². The Kier molecular flexibility index (Phi) is 5.74. The molecule has 0 amide bonds. The molecule has 0 saturated heterocycles. The van der Waals surface area contributed by atoms with Gasteiger partial charge in [-0.1, -0.05) is 29.3 Å². The summed E-state index contributed by atoms with van der Waals surface area (Å²) in [4.78, 5) is 11.4. The molecule has 7 nitrogen and oxygen atoms in total. The lowest BCUT2D eigenvalue weighted by Gasteiger charge is -2.19. The molecular formula is C18H17Cl2N4O3+. The third-order valence-electron chi connectivity index (χ3n) is 4.36. The number of nitro benzene ring substituents is 1. The van der Waals surface area contributed by atoms with E-state index in [2.05, 4.69) is 10.2 Å². The van der Waals surface area contributed by atoms with Crippen molar-refractivity contribution in [1.82, 2.24) is 10.2 Å². The molecule has 1 N–H and O–H groups in total. The van der Waals surface area contributed by atoms with Crippen LogP contribution in [0.15, 0.2) is 46.9 Å². The molecule has 0 aliphatic carbocycles. The lowest BCUT2D eigenvalue weighted by atomic mass is 10.2. The molecule has 0 saturated carbocycles. The van der Waals surface area contributed by atoms with E-state index in [9.17, 15) is 10.1 Å². The van der Waals surface area contributed by atoms with Crippen LogP contribution in [-0.4, -0.2) is 22.2 Å². The number of nitrogens with zero attached hydrogens (tertiary/aromatic N) is 3. The Hall–Kier alpha value is -2.48. The van der Waals surface area contributed by atoms with Crippen molar-refractivity contribution in [1.29, 1.82) is 0 Å². The maximum Gasteiger partial charge on any atom is 0.274 e. The molecule has 0 bridgehead atoms. The first-order valence-corrected chi connectivity index (χ1v) is 8.95. The van der Waals surface area contributed by atoms with Crippen molar-refractivity contribution in [2.24, 2.45) is 0 Å². The zero-order valence-corrected chi connectivity index (χ0v) is 16.2. The predicted octanol–water partition coefficient (Wildman–Crippen LogP) is 3.73. The van der Waals surface area contributed by atoms with Crippen molar-refractivity contribution in [3.8, 4) is 11.5 Å². The van der Waals surface area contributed by atoms with Crippen LogP contribution >= 0.6 is 23.2 Å². The van der Waals surface area contributed by atoms with E-state index in [-0.39, 0.29) is 11.7 Å². The molecule has 3 aromatic rings. The van der Waals surface area contributed by atoms with Gasteiger partial charge in [0, 0.05) is 28.3 Å². The van der Waals surface area contributed by atoms with Crippen molar-refractivity contribution in [3.05, 3.63) is 74.1 Å². The number of halogens is 2. The molecule has 3 rings (SSSR count). The van der Waals surface area contributed by atoms with E-state index in [1.54, 1.807) is 24.3 Å². The normalized spacial score (nSPS) is 13.3. The molecule has 27 heavy (non-hydrogen) atoms. The van der Waals surface area contributed by atoms with E-state index in [1.807, 2.05) is 20.0 Å². The van der Waals surface area contributed by atoms with Crippen LogP contribution in [0.1, 0.15) is 24.4 Å². The van der Waals surface area contributed by atoms with Gasteiger partial charge in [0.15, 0.2) is 6.04 Å². The first-order valence-electron chi connectivity index (χ1n) is 8.19. The molecule has 0 aliphatic heterocycles. The van der Waals surface area contributed by atoms with Gasteiger partial charge in [-0.05, 0) is 31.2 Å². The minimum absolute atomic E-state index is 0.0101. The molecule has 0 fully saturated rings. The quantitative estimate of drug-likeness (QED) is 0.496. The highest BCUT2D eigenvalue weighted by Crippen LogP contribution is 2.23. The molecule has 140 valence electrons. The van der Waals surface area contributed by atoms with Crippen molar-refractivity contribution in [3.63, 3.8) is 0 Å². The van der Waals surface area contributed by atoms with Gasteiger partial charge in [-0.15, -0.1) is 10.2 Å². The Morgan fingerprint density at radius 2 is 1.89 bits per heavy atom.